The summed E-state index contributed by atoms with van der Waals surface area (Å²) in [4.78, 5) is 11.4. The molecule has 0 fully saturated rings. The Morgan fingerprint density at radius 1 is 1.59 bits per heavy atom. The second kappa shape index (κ2) is 5.05. The summed E-state index contributed by atoms with van der Waals surface area (Å²) in [6.45, 7) is 0. The topological polar surface area (TPSA) is 55.0 Å². The third kappa shape index (κ3) is 2.34. The molecule has 0 aliphatic carbocycles. The van der Waals surface area contributed by atoms with Crippen molar-refractivity contribution in [3.8, 4) is 0 Å². The summed E-state index contributed by atoms with van der Waals surface area (Å²) in [6.07, 6.45) is 3.80. The van der Waals surface area contributed by atoms with Crippen LogP contribution in [0.1, 0.15) is 16.1 Å². The van der Waals surface area contributed by atoms with Gasteiger partial charge in [0, 0.05) is 11.1 Å². The van der Waals surface area contributed by atoms with E-state index in [9.17, 15) is 4.79 Å². The molecule has 1 aromatic carbocycles. The van der Waals surface area contributed by atoms with Gasteiger partial charge in [-0.15, -0.1) is 0 Å². The molecule has 0 saturated heterocycles. The first-order chi connectivity index (χ1) is 8.26. The van der Waals surface area contributed by atoms with Gasteiger partial charge >= 0.3 is 5.97 Å². The molecule has 0 radical (unpaired) electrons. The molecule has 0 bridgehead atoms. The summed E-state index contributed by atoms with van der Waals surface area (Å²) >= 11 is 4.10. The van der Waals surface area contributed by atoms with Gasteiger partial charge in [-0.25, -0.2) is 4.79 Å². The fourth-order valence-corrected chi connectivity index (χ4v) is 1.68. The summed E-state index contributed by atoms with van der Waals surface area (Å²) in [5.74, 6) is 0.308. The van der Waals surface area contributed by atoms with Crippen LogP contribution in [0.25, 0.3) is 17.0 Å². The van der Waals surface area contributed by atoms with Gasteiger partial charge in [-0.3, -0.25) is 5.10 Å². The Balaban J connectivity index is 2.44. The predicted molar refractivity (Wildman–Crippen MR) is 70.3 cm³/mol. The van der Waals surface area contributed by atoms with E-state index in [0.717, 1.165) is 16.6 Å². The van der Waals surface area contributed by atoms with Crippen LogP contribution in [-0.2, 0) is 4.74 Å². The SMILES string of the molecule is COC(=O)c1ccc2c(C=CCS)n[nH]c2c1. The molecule has 0 atom stereocenters. The molecule has 0 unspecified atom stereocenters. The van der Waals surface area contributed by atoms with Crippen molar-refractivity contribution in [2.24, 2.45) is 0 Å². The smallest absolute Gasteiger partial charge is 0.337 e. The molecule has 88 valence electrons. The second-order valence-corrected chi connectivity index (χ2v) is 3.81. The Morgan fingerprint density at radius 3 is 3.12 bits per heavy atom. The predicted octanol–water partition coefficient (Wildman–Crippen LogP) is 2.29. The third-order valence-corrected chi connectivity index (χ3v) is 2.61. The quantitative estimate of drug-likeness (QED) is 0.647. The number of aromatic nitrogens is 2. The summed E-state index contributed by atoms with van der Waals surface area (Å²) in [7, 11) is 1.36. The number of rotatable bonds is 3. The number of H-pyrrole nitrogens is 1. The van der Waals surface area contributed by atoms with E-state index < -0.39 is 0 Å². The van der Waals surface area contributed by atoms with Crippen molar-refractivity contribution in [1.82, 2.24) is 10.2 Å². The van der Waals surface area contributed by atoms with Gasteiger partial charge < -0.3 is 4.74 Å². The minimum atomic E-state index is -0.353. The van der Waals surface area contributed by atoms with Gasteiger partial charge in [-0.2, -0.15) is 17.7 Å². The average molecular weight is 248 g/mol. The van der Waals surface area contributed by atoms with Crippen molar-refractivity contribution in [3.63, 3.8) is 0 Å². The fraction of sp³-hybridized carbons (Fsp3) is 0.167. The lowest BCUT2D eigenvalue weighted by atomic mass is 10.1. The molecule has 0 spiro atoms. The molecule has 2 rings (SSSR count). The van der Waals surface area contributed by atoms with E-state index in [2.05, 4.69) is 27.6 Å². The molecule has 1 N–H and O–H groups in total. The van der Waals surface area contributed by atoms with Crippen molar-refractivity contribution in [2.45, 2.75) is 0 Å². The molecular weight excluding hydrogens is 236 g/mol. The highest BCUT2D eigenvalue weighted by Crippen LogP contribution is 2.19. The zero-order valence-electron chi connectivity index (χ0n) is 9.30. The van der Waals surface area contributed by atoms with Crippen molar-refractivity contribution in [3.05, 3.63) is 35.5 Å². The maximum Gasteiger partial charge on any atom is 0.337 e. The van der Waals surface area contributed by atoms with Crippen LogP contribution >= 0.6 is 12.6 Å². The number of benzene rings is 1. The maximum absolute atomic E-state index is 11.4. The zero-order valence-corrected chi connectivity index (χ0v) is 10.2. The lowest BCUT2D eigenvalue weighted by molar-refractivity contribution is 0.0601. The molecule has 4 nitrogen and oxygen atoms in total. The van der Waals surface area contributed by atoms with Crippen LogP contribution in [-0.4, -0.2) is 29.0 Å². The summed E-state index contributed by atoms with van der Waals surface area (Å²) in [6, 6.07) is 5.30. The van der Waals surface area contributed by atoms with Crippen LogP contribution in [0.5, 0.6) is 0 Å². The number of aromatic amines is 1. The van der Waals surface area contributed by atoms with Gasteiger partial charge in [0.2, 0.25) is 0 Å². The standard InChI is InChI=1S/C12H12N2O2S/c1-16-12(15)8-4-5-9-10(3-2-6-17)13-14-11(9)7-8/h2-5,7,17H,6H2,1H3,(H,13,14). The van der Waals surface area contributed by atoms with Gasteiger partial charge in [0.15, 0.2) is 0 Å². The van der Waals surface area contributed by atoms with Gasteiger partial charge in [-0.05, 0) is 24.3 Å². The van der Waals surface area contributed by atoms with Crippen LogP contribution in [0, 0.1) is 0 Å². The van der Waals surface area contributed by atoms with E-state index in [1.54, 1.807) is 12.1 Å². The number of carbonyl (C=O) groups excluding carboxylic acids is 1. The largest absolute Gasteiger partial charge is 0.465 e. The number of hydrogen-bond acceptors (Lipinski definition) is 4. The molecule has 0 aliphatic rings. The van der Waals surface area contributed by atoms with Crippen LogP contribution in [0.2, 0.25) is 0 Å². The van der Waals surface area contributed by atoms with E-state index in [4.69, 9.17) is 0 Å². The summed E-state index contributed by atoms with van der Waals surface area (Å²) in [5, 5.41) is 8.01. The van der Waals surface area contributed by atoms with Crippen LogP contribution in [0.4, 0.5) is 0 Å². The first kappa shape index (κ1) is 11.7. The van der Waals surface area contributed by atoms with Crippen molar-refractivity contribution in [1.29, 1.82) is 0 Å². The minimum absolute atomic E-state index is 0.353. The molecular formula is C12H12N2O2S. The van der Waals surface area contributed by atoms with Crippen LogP contribution in [0.15, 0.2) is 24.3 Å². The number of methoxy groups -OCH3 is 1. The number of nitrogens with zero attached hydrogens (tertiary/aromatic N) is 1. The van der Waals surface area contributed by atoms with Crippen molar-refractivity contribution >= 4 is 35.6 Å². The fourth-order valence-electron chi connectivity index (χ4n) is 1.58. The maximum atomic E-state index is 11.4. The number of carbonyl (C=O) groups is 1. The first-order valence-electron chi connectivity index (χ1n) is 5.10. The molecule has 0 aliphatic heterocycles. The highest BCUT2D eigenvalue weighted by molar-refractivity contribution is 7.80. The molecule has 1 heterocycles. The minimum Gasteiger partial charge on any atom is -0.465 e. The van der Waals surface area contributed by atoms with Gasteiger partial charge in [0.25, 0.3) is 0 Å². The Morgan fingerprint density at radius 2 is 2.41 bits per heavy atom. The van der Waals surface area contributed by atoms with E-state index in [0.29, 0.717) is 11.3 Å². The van der Waals surface area contributed by atoms with Crippen LogP contribution < -0.4 is 0 Å². The van der Waals surface area contributed by atoms with Crippen molar-refractivity contribution < 1.29 is 9.53 Å². The van der Waals surface area contributed by atoms with E-state index in [1.807, 2.05) is 18.2 Å². The van der Waals surface area contributed by atoms with E-state index in [1.165, 1.54) is 7.11 Å². The van der Waals surface area contributed by atoms with E-state index >= 15 is 0 Å². The highest BCUT2D eigenvalue weighted by Gasteiger charge is 2.08. The highest BCUT2D eigenvalue weighted by atomic mass is 32.1. The normalized spacial score (nSPS) is 11.2. The molecule has 0 amide bonds. The molecule has 0 saturated carbocycles. The Bertz CT molecular complexity index is 575. The van der Waals surface area contributed by atoms with E-state index in [-0.39, 0.29) is 5.97 Å². The number of fused-ring (bicyclic) bond motifs is 1. The monoisotopic (exact) mass is 248 g/mol. The third-order valence-electron chi connectivity index (χ3n) is 2.39. The summed E-state index contributed by atoms with van der Waals surface area (Å²) in [5.41, 5.74) is 2.16. The zero-order chi connectivity index (χ0) is 12.3. The second-order valence-electron chi connectivity index (χ2n) is 3.45. The lowest BCUT2D eigenvalue weighted by Gasteiger charge is -1.98. The average Bonchev–Trinajstić information content (AvgIpc) is 2.77. The van der Waals surface area contributed by atoms with Gasteiger partial charge in [-0.1, -0.05) is 6.08 Å². The number of ether oxygens (including phenoxy) is 1. The first-order valence-corrected chi connectivity index (χ1v) is 5.73. The Labute approximate surface area is 104 Å². The number of esters is 1. The summed E-state index contributed by atoms with van der Waals surface area (Å²) < 4.78 is 4.66. The lowest BCUT2D eigenvalue weighted by Crippen LogP contribution is -2.00. The van der Waals surface area contributed by atoms with Gasteiger partial charge in [0.05, 0.1) is 23.9 Å². The number of nitrogens with one attached hydrogen (secondary N) is 1. The number of hydrogen-bond donors (Lipinski definition) is 2. The van der Waals surface area contributed by atoms with Crippen LogP contribution in [0.3, 0.4) is 0 Å². The Kier molecular flexibility index (Phi) is 3.49. The molecule has 1 aromatic heterocycles. The molecule has 17 heavy (non-hydrogen) atoms. The van der Waals surface area contributed by atoms with Crippen molar-refractivity contribution in [2.75, 3.05) is 12.9 Å². The Hall–Kier alpha value is -1.75. The van der Waals surface area contributed by atoms with Gasteiger partial charge in [0.1, 0.15) is 0 Å². The molecule has 5 heteroatoms. The molecule has 2 aromatic rings. The number of thiol groups is 1.